The summed E-state index contributed by atoms with van der Waals surface area (Å²) in [6.07, 6.45) is 21.5. The minimum Gasteiger partial charge on any atom is -0.355 e. The van der Waals surface area contributed by atoms with Gasteiger partial charge in [-0.05, 0) is 105 Å². The number of H-pyrrole nitrogens is 1. The van der Waals surface area contributed by atoms with Crippen molar-refractivity contribution in [2.24, 2.45) is 11.8 Å². The first-order valence-corrected chi connectivity index (χ1v) is 12.9. The van der Waals surface area contributed by atoms with Crippen molar-refractivity contribution < 1.29 is 4.79 Å². The van der Waals surface area contributed by atoms with Crippen molar-refractivity contribution in [1.82, 2.24) is 10.3 Å². The van der Waals surface area contributed by atoms with E-state index in [0.717, 1.165) is 54.9 Å². The van der Waals surface area contributed by atoms with Crippen molar-refractivity contribution in [1.29, 1.82) is 0 Å². The summed E-state index contributed by atoms with van der Waals surface area (Å²) >= 11 is 0. The highest BCUT2D eigenvalue weighted by Gasteiger charge is 2.24. The van der Waals surface area contributed by atoms with E-state index in [0.29, 0.717) is 0 Å². The van der Waals surface area contributed by atoms with Crippen LogP contribution >= 0.6 is 0 Å². The molecule has 2 N–H and O–H groups in total. The molecular formula is C32H40N2O. The van der Waals surface area contributed by atoms with Gasteiger partial charge in [0.05, 0.1) is 0 Å². The van der Waals surface area contributed by atoms with Gasteiger partial charge in [0.15, 0.2) is 0 Å². The largest absolute Gasteiger partial charge is 0.355 e. The van der Waals surface area contributed by atoms with Crippen LogP contribution in [0.5, 0.6) is 0 Å². The molecular weight excluding hydrogens is 428 g/mol. The van der Waals surface area contributed by atoms with Crippen LogP contribution in [-0.2, 0) is 4.79 Å². The van der Waals surface area contributed by atoms with Crippen LogP contribution in [0.4, 0.5) is 0 Å². The second-order valence-electron chi connectivity index (χ2n) is 9.60. The van der Waals surface area contributed by atoms with Crippen LogP contribution in [0.3, 0.4) is 0 Å². The maximum absolute atomic E-state index is 12.6. The molecule has 0 radical (unpaired) electrons. The van der Waals surface area contributed by atoms with Gasteiger partial charge in [-0.15, -0.1) is 0 Å². The van der Waals surface area contributed by atoms with Gasteiger partial charge in [0.2, 0.25) is 5.91 Å². The van der Waals surface area contributed by atoms with E-state index in [9.17, 15) is 4.79 Å². The monoisotopic (exact) mass is 468 g/mol. The van der Waals surface area contributed by atoms with E-state index in [1.54, 1.807) is 6.08 Å². The number of nitrogens with one attached hydrogen (secondary N) is 2. The SMILES string of the molecule is C=C/C(=C\C=C\c1cc2cc(/C(C)=C/C=C(\C=C/C)CC)ccc2[nH]1)NC(=O)C1CCC(C)CC1. The zero-order valence-electron chi connectivity index (χ0n) is 21.7. The summed E-state index contributed by atoms with van der Waals surface area (Å²) in [5, 5.41) is 4.22. The predicted octanol–water partition coefficient (Wildman–Crippen LogP) is 8.51. The van der Waals surface area contributed by atoms with Crippen molar-refractivity contribution >= 4 is 28.5 Å². The first-order valence-electron chi connectivity index (χ1n) is 12.9. The fraction of sp³-hybridized carbons (Fsp3) is 0.344. The van der Waals surface area contributed by atoms with Gasteiger partial charge in [0.1, 0.15) is 0 Å². The Hall–Kier alpha value is -3.33. The third-order valence-corrected chi connectivity index (χ3v) is 6.86. The third kappa shape index (κ3) is 7.58. The van der Waals surface area contributed by atoms with Crippen LogP contribution in [0.2, 0.25) is 0 Å². The second-order valence-corrected chi connectivity index (χ2v) is 9.60. The van der Waals surface area contributed by atoms with Crippen molar-refractivity contribution in [3.05, 3.63) is 95.9 Å². The topological polar surface area (TPSA) is 44.9 Å². The lowest BCUT2D eigenvalue weighted by atomic mass is 9.82. The number of carbonyl (C=O) groups excluding carboxylic acids is 1. The molecule has 0 aliphatic heterocycles. The molecule has 184 valence electrons. The first kappa shape index (κ1) is 26.3. The number of allylic oxidation sites excluding steroid dienone is 9. The molecule has 1 amide bonds. The Morgan fingerprint density at radius 3 is 2.60 bits per heavy atom. The summed E-state index contributed by atoms with van der Waals surface area (Å²) in [4.78, 5) is 16.1. The lowest BCUT2D eigenvalue weighted by Crippen LogP contribution is -2.32. The summed E-state index contributed by atoms with van der Waals surface area (Å²) < 4.78 is 0. The lowest BCUT2D eigenvalue weighted by molar-refractivity contribution is -0.125. The third-order valence-electron chi connectivity index (χ3n) is 6.86. The number of amides is 1. The van der Waals surface area contributed by atoms with Crippen LogP contribution < -0.4 is 5.32 Å². The number of hydrogen-bond acceptors (Lipinski definition) is 1. The predicted molar refractivity (Wildman–Crippen MR) is 152 cm³/mol. The fourth-order valence-electron chi connectivity index (χ4n) is 4.51. The number of carbonyl (C=O) groups is 1. The van der Waals surface area contributed by atoms with Gasteiger partial charge in [0.25, 0.3) is 0 Å². The summed E-state index contributed by atoms with van der Waals surface area (Å²) in [7, 11) is 0. The highest BCUT2D eigenvalue weighted by Crippen LogP contribution is 2.28. The van der Waals surface area contributed by atoms with Crippen LogP contribution in [0.1, 0.15) is 71.1 Å². The van der Waals surface area contributed by atoms with E-state index in [-0.39, 0.29) is 11.8 Å². The molecule has 1 aliphatic carbocycles. The molecule has 0 atom stereocenters. The molecule has 1 aromatic heterocycles. The molecule has 35 heavy (non-hydrogen) atoms. The van der Waals surface area contributed by atoms with Gasteiger partial charge in [-0.2, -0.15) is 0 Å². The first-order chi connectivity index (χ1) is 16.9. The van der Waals surface area contributed by atoms with E-state index in [4.69, 9.17) is 0 Å². The van der Waals surface area contributed by atoms with Crippen molar-refractivity contribution in [3.8, 4) is 0 Å². The van der Waals surface area contributed by atoms with Gasteiger partial charge >= 0.3 is 0 Å². The van der Waals surface area contributed by atoms with E-state index in [1.807, 2.05) is 25.2 Å². The molecule has 1 aliphatic rings. The fourth-order valence-corrected chi connectivity index (χ4v) is 4.51. The van der Waals surface area contributed by atoms with Gasteiger partial charge in [0, 0.05) is 28.2 Å². The Balaban J connectivity index is 1.68. The molecule has 2 aromatic rings. The second kappa shape index (κ2) is 12.9. The Labute approximate surface area is 211 Å². The molecule has 3 heteroatoms. The Kier molecular flexibility index (Phi) is 9.72. The number of aromatic nitrogens is 1. The van der Waals surface area contributed by atoms with E-state index in [2.05, 4.69) is 86.2 Å². The van der Waals surface area contributed by atoms with Gasteiger partial charge in [-0.3, -0.25) is 4.79 Å². The van der Waals surface area contributed by atoms with Gasteiger partial charge in [-0.1, -0.05) is 56.9 Å². The molecule has 1 heterocycles. The molecule has 1 aromatic carbocycles. The van der Waals surface area contributed by atoms with Crippen molar-refractivity contribution in [2.75, 3.05) is 0 Å². The van der Waals surface area contributed by atoms with Crippen LogP contribution in [-0.4, -0.2) is 10.9 Å². The molecule has 1 saturated carbocycles. The average Bonchev–Trinajstić information content (AvgIpc) is 3.28. The summed E-state index contributed by atoms with van der Waals surface area (Å²) in [6.45, 7) is 12.5. The minimum atomic E-state index is 0.115. The number of aromatic amines is 1. The molecule has 0 spiro atoms. The van der Waals surface area contributed by atoms with E-state index < -0.39 is 0 Å². The smallest absolute Gasteiger partial charge is 0.227 e. The average molecular weight is 469 g/mol. The normalized spacial score (nSPS) is 20.2. The molecule has 3 rings (SSSR count). The molecule has 0 saturated heterocycles. The number of fused-ring (bicyclic) bond motifs is 1. The number of benzene rings is 1. The standard InChI is InChI=1S/C32H40N2O/c1-6-10-25(7-2)16-15-24(5)27-19-20-31-28(21-27)22-30(33-31)12-9-11-29(8-3)34-32(35)26-17-13-23(4)14-18-26/h6,8-12,15-16,19-23,26,33H,3,7,13-14,17-18H2,1-2,4-5H3,(H,34,35)/b10-6-,12-9+,24-15+,25-16-,29-11+. The number of rotatable bonds is 9. The molecule has 0 unspecified atom stereocenters. The Morgan fingerprint density at radius 1 is 1.14 bits per heavy atom. The zero-order chi connectivity index (χ0) is 25.2. The summed E-state index contributed by atoms with van der Waals surface area (Å²) in [5.74, 6) is 0.966. The molecule has 3 nitrogen and oxygen atoms in total. The van der Waals surface area contributed by atoms with Crippen molar-refractivity contribution in [3.63, 3.8) is 0 Å². The van der Waals surface area contributed by atoms with Crippen LogP contribution in [0.15, 0.2) is 84.6 Å². The summed E-state index contributed by atoms with van der Waals surface area (Å²) in [6, 6.07) is 8.66. The maximum Gasteiger partial charge on any atom is 0.227 e. The molecule has 1 fully saturated rings. The molecule has 0 bridgehead atoms. The Morgan fingerprint density at radius 2 is 1.91 bits per heavy atom. The maximum atomic E-state index is 12.6. The van der Waals surface area contributed by atoms with Crippen LogP contribution in [0, 0.1) is 11.8 Å². The van der Waals surface area contributed by atoms with Crippen LogP contribution in [0.25, 0.3) is 22.6 Å². The summed E-state index contributed by atoms with van der Waals surface area (Å²) in [5.41, 5.74) is 6.63. The van der Waals surface area contributed by atoms with Gasteiger partial charge in [-0.25, -0.2) is 0 Å². The lowest BCUT2D eigenvalue weighted by Gasteiger charge is -2.25. The van der Waals surface area contributed by atoms with Crippen molar-refractivity contribution in [2.45, 2.75) is 59.8 Å². The van der Waals surface area contributed by atoms with Gasteiger partial charge < -0.3 is 10.3 Å². The Bertz CT molecular complexity index is 1180. The van der Waals surface area contributed by atoms with E-state index in [1.165, 1.54) is 22.1 Å². The highest BCUT2D eigenvalue weighted by molar-refractivity contribution is 5.86. The quantitative estimate of drug-likeness (QED) is 0.356. The highest BCUT2D eigenvalue weighted by atomic mass is 16.1. The zero-order valence-corrected chi connectivity index (χ0v) is 21.7. The van der Waals surface area contributed by atoms with E-state index >= 15 is 0 Å². The number of hydrogen-bond donors (Lipinski definition) is 2. The minimum absolute atomic E-state index is 0.115.